The van der Waals surface area contributed by atoms with Crippen molar-refractivity contribution in [1.82, 2.24) is 5.32 Å². The summed E-state index contributed by atoms with van der Waals surface area (Å²) in [6.07, 6.45) is 5.34. The van der Waals surface area contributed by atoms with Gasteiger partial charge in [0.15, 0.2) is 0 Å². The maximum Gasteiger partial charge on any atom is 0.408 e. The van der Waals surface area contributed by atoms with E-state index in [-0.39, 0.29) is 17.9 Å². The molecule has 0 spiro atoms. The Hall–Kier alpha value is -1.78. The number of esters is 1. The number of hydrogen-bond donors (Lipinski definition) is 1. The van der Waals surface area contributed by atoms with E-state index in [0.717, 1.165) is 24.8 Å². The maximum absolute atomic E-state index is 11.8. The van der Waals surface area contributed by atoms with Crippen molar-refractivity contribution in [1.29, 1.82) is 0 Å². The molecule has 5 nitrogen and oxygen atoms in total. The molecule has 0 unspecified atom stereocenters. The van der Waals surface area contributed by atoms with Gasteiger partial charge in [-0.3, -0.25) is 0 Å². The van der Waals surface area contributed by atoms with Gasteiger partial charge in [0.25, 0.3) is 0 Å². The van der Waals surface area contributed by atoms with Crippen LogP contribution in [0.5, 0.6) is 0 Å². The highest BCUT2D eigenvalue weighted by molar-refractivity contribution is 5.81. The standard InChI is InChI=1S/C17H27NO4/c1-6-21-15(19)10-8-13-7-9-14(12(2)11-13)18-16(20)22-17(3,4)5/h8,10,13-14H,2,6-7,9,11H2,1,3-5H3,(H,18,20)/b10-8+/t13-,14-/m0/s1. The monoisotopic (exact) mass is 309 g/mol. The summed E-state index contributed by atoms with van der Waals surface area (Å²) in [4.78, 5) is 23.1. The summed E-state index contributed by atoms with van der Waals surface area (Å²) in [5.41, 5.74) is 0.445. The van der Waals surface area contributed by atoms with Crippen LogP contribution in [0.1, 0.15) is 47.0 Å². The Kier molecular flexibility index (Phi) is 6.65. The van der Waals surface area contributed by atoms with E-state index in [1.165, 1.54) is 6.08 Å². The molecule has 124 valence electrons. The quantitative estimate of drug-likeness (QED) is 0.491. The predicted octanol–water partition coefficient (Wildman–Crippen LogP) is 3.36. The molecule has 22 heavy (non-hydrogen) atoms. The van der Waals surface area contributed by atoms with Crippen molar-refractivity contribution in [2.24, 2.45) is 5.92 Å². The van der Waals surface area contributed by atoms with E-state index >= 15 is 0 Å². The number of nitrogens with one attached hydrogen (secondary N) is 1. The predicted molar refractivity (Wildman–Crippen MR) is 85.4 cm³/mol. The van der Waals surface area contributed by atoms with Gasteiger partial charge in [0, 0.05) is 6.08 Å². The molecule has 0 aromatic heterocycles. The molecule has 1 rings (SSSR count). The van der Waals surface area contributed by atoms with Crippen LogP contribution in [0.25, 0.3) is 0 Å². The van der Waals surface area contributed by atoms with Crippen LogP contribution in [0, 0.1) is 5.92 Å². The summed E-state index contributed by atoms with van der Waals surface area (Å²) in [6.45, 7) is 11.7. The van der Waals surface area contributed by atoms with E-state index in [0.29, 0.717) is 6.61 Å². The third-order valence-electron chi connectivity index (χ3n) is 3.33. The molecule has 0 aromatic carbocycles. The first-order chi connectivity index (χ1) is 10.2. The molecule has 0 radical (unpaired) electrons. The van der Waals surface area contributed by atoms with Crippen LogP contribution < -0.4 is 5.32 Å². The largest absolute Gasteiger partial charge is 0.463 e. The molecule has 0 aromatic rings. The van der Waals surface area contributed by atoms with Crippen molar-refractivity contribution >= 4 is 12.1 Å². The van der Waals surface area contributed by atoms with Gasteiger partial charge in [-0.05, 0) is 52.9 Å². The zero-order valence-corrected chi connectivity index (χ0v) is 14.0. The fourth-order valence-corrected chi connectivity index (χ4v) is 2.36. The second-order valence-electron chi connectivity index (χ2n) is 6.51. The van der Waals surface area contributed by atoms with Crippen LogP contribution >= 0.6 is 0 Å². The third-order valence-corrected chi connectivity index (χ3v) is 3.33. The molecule has 0 heterocycles. The summed E-state index contributed by atoms with van der Waals surface area (Å²) in [5.74, 6) is -0.0595. The molecular formula is C17H27NO4. The average molecular weight is 309 g/mol. The van der Waals surface area contributed by atoms with E-state index in [1.54, 1.807) is 6.92 Å². The molecule has 1 amide bonds. The summed E-state index contributed by atoms with van der Waals surface area (Å²) < 4.78 is 10.1. The highest BCUT2D eigenvalue weighted by atomic mass is 16.6. The fraction of sp³-hybridized carbons (Fsp3) is 0.647. The Labute approximate surface area is 132 Å². The molecule has 1 saturated carbocycles. The van der Waals surface area contributed by atoms with Gasteiger partial charge in [-0.2, -0.15) is 0 Å². The maximum atomic E-state index is 11.8. The molecule has 5 heteroatoms. The minimum atomic E-state index is -0.509. The fourth-order valence-electron chi connectivity index (χ4n) is 2.36. The van der Waals surface area contributed by atoms with Crippen molar-refractivity contribution in [2.45, 2.75) is 58.6 Å². The molecular weight excluding hydrogens is 282 g/mol. The molecule has 0 saturated heterocycles. The highest BCUT2D eigenvalue weighted by Gasteiger charge is 2.26. The van der Waals surface area contributed by atoms with Gasteiger partial charge in [0.1, 0.15) is 5.60 Å². The normalized spacial score (nSPS) is 22.5. The average Bonchev–Trinajstić information content (AvgIpc) is 2.37. The number of carbonyl (C=O) groups is 2. The number of hydrogen-bond acceptors (Lipinski definition) is 4. The lowest BCUT2D eigenvalue weighted by molar-refractivity contribution is -0.137. The summed E-state index contributed by atoms with van der Waals surface area (Å²) in [7, 11) is 0. The third kappa shape index (κ3) is 6.78. The van der Waals surface area contributed by atoms with Crippen LogP contribution in [-0.4, -0.2) is 30.3 Å². The second kappa shape index (κ2) is 8.01. The zero-order chi connectivity index (χ0) is 16.8. The molecule has 0 bridgehead atoms. The van der Waals surface area contributed by atoms with E-state index in [1.807, 2.05) is 26.8 Å². The summed E-state index contributed by atoms with van der Waals surface area (Å²) >= 11 is 0. The van der Waals surface area contributed by atoms with Gasteiger partial charge in [-0.1, -0.05) is 18.2 Å². The smallest absolute Gasteiger partial charge is 0.408 e. The number of carbonyl (C=O) groups excluding carboxylic acids is 2. The minimum absolute atomic E-state index is 0.0675. The van der Waals surface area contributed by atoms with Gasteiger partial charge in [0.05, 0.1) is 12.6 Å². The summed E-state index contributed by atoms with van der Waals surface area (Å²) in [5, 5.41) is 2.85. The molecule has 1 N–H and O–H groups in total. The number of alkyl carbamates (subject to hydrolysis) is 1. The van der Waals surface area contributed by atoms with Gasteiger partial charge in [-0.25, -0.2) is 9.59 Å². The van der Waals surface area contributed by atoms with Crippen LogP contribution in [0.2, 0.25) is 0 Å². The number of ether oxygens (including phenoxy) is 2. The first kappa shape index (κ1) is 18.3. The Morgan fingerprint density at radius 2 is 2.05 bits per heavy atom. The lowest BCUT2D eigenvalue weighted by Gasteiger charge is -2.30. The first-order valence-corrected chi connectivity index (χ1v) is 7.73. The molecule has 0 aliphatic heterocycles. The van der Waals surface area contributed by atoms with E-state index < -0.39 is 11.7 Å². The number of amides is 1. The molecule has 2 atom stereocenters. The minimum Gasteiger partial charge on any atom is -0.463 e. The van der Waals surface area contributed by atoms with Gasteiger partial charge >= 0.3 is 12.1 Å². The van der Waals surface area contributed by atoms with Gasteiger partial charge in [0.2, 0.25) is 0 Å². The van der Waals surface area contributed by atoms with Gasteiger partial charge in [-0.15, -0.1) is 0 Å². The van der Waals surface area contributed by atoms with Crippen molar-refractivity contribution in [3.63, 3.8) is 0 Å². The van der Waals surface area contributed by atoms with E-state index in [9.17, 15) is 9.59 Å². The lowest BCUT2D eigenvalue weighted by Crippen LogP contribution is -2.41. The van der Waals surface area contributed by atoms with E-state index in [4.69, 9.17) is 9.47 Å². The van der Waals surface area contributed by atoms with Crippen LogP contribution in [0.3, 0.4) is 0 Å². The van der Waals surface area contributed by atoms with Gasteiger partial charge < -0.3 is 14.8 Å². The Balaban J connectivity index is 2.44. The highest BCUT2D eigenvalue weighted by Crippen LogP contribution is 2.29. The van der Waals surface area contributed by atoms with Crippen molar-refractivity contribution in [3.05, 3.63) is 24.3 Å². The van der Waals surface area contributed by atoms with E-state index in [2.05, 4.69) is 11.9 Å². The molecule has 1 aliphatic rings. The Morgan fingerprint density at radius 3 is 2.59 bits per heavy atom. The van der Waals surface area contributed by atoms with Crippen LogP contribution in [0.4, 0.5) is 4.79 Å². The van der Waals surface area contributed by atoms with Crippen molar-refractivity contribution in [2.75, 3.05) is 6.61 Å². The van der Waals surface area contributed by atoms with Crippen LogP contribution in [0.15, 0.2) is 24.3 Å². The molecule has 1 fully saturated rings. The lowest BCUT2D eigenvalue weighted by atomic mass is 9.83. The Morgan fingerprint density at radius 1 is 1.36 bits per heavy atom. The Bertz CT molecular complexity index is 448. The number of rotatable bonds is 4. The SMILES string of the molecule is C=C1C[C@H](/C=C/C(=O)OCC)CC[C@@H]1NC(=O)OC(C)(C)C. The second-order valence-corrected chi connectivity index (χ2v) is 6.51. The zero-order valence-electron chi connectivity index (χ0n) is 14.0. The number of allylic oxidation sites excluding steroid dienone is 1. The molecule has 1 aliphatic carbocycles. The summed E-state index contributed by atoms with van der Waals surface area (Å²) in [6, 6.07) is -0.0675. The van der Waals surface area contributed by atoms with Crippen LogP contribution in [-0.2, 0) is 14.3 Å². The topological polar surface area (TPSA) is 64.6 Å². The van der Waals surface area contributed by atoms with Crippen molar-refractivity contribution in [3.8, 4) is 0 Å². The van der Waals surface area contributed by atoms with Crippen molar-refractivity contribution < 1.29 is 19.1 Å². The first-order valence-electron chi connectivity index (χ1n) is 7.73.